The van der Waals surface area contributed by atoms with Crippen LogP contribution in [0.25, 0.3) is 0 Å². The molecule has 2 heteroatoms. The highest BCUT2D eigenvalue weighted by molar-refractivity contribution is 4.97. The molecule has 2 aliphatic rings. The van der Waals surface area contributed by atoms with Gasteiger partial charge in [-0.3, -0.25) is 0 Å². The van der Waals surface area contributed by atoms with E-state index in [2.05, 4.69) is 5.32 Å². The third-order valence-electron chi connectivity index (χ3n) is 2.89. The van der Waals surface area contributed by atoms with Crippen LogP contribution in [0.5, 0.6) is 0 Å². The molecule has 1 saturated carbocycles. The molecule has 60 valence electrons. The zero-order valence-corrected chi connectivity index (χ0v) is 6.66. The fourth-order valence-corrected chi connectivity index (χ4v) is 2.06. The summed E-state index contributed by atoms with van der Waals surface area (Å²) >= 11 is 0. The Kier molecular flexibility index (Phi) is 2.32. The zero-order chi connectivity index (χ0) is 6.16. The first kappa shape index (κ1) is 8.02. The summed E-state index contributed by atoms with van der Waals surface area (Å²) in [7, 11) is 0. The molecule has 1 aliphatic heterocycles. The number of piperidine rings is 1. The maximum absolute atomic E-state index is 3.63. The monoisotopic (exact) mass is 142 g/mol. The van der Waals surface area contributed by atoms with Gasteiger partial charge in [-0.25, -0.2) is 0 Å². The van der Waals surface area contributed by atoms with Crippen LogP contribution in [0, 0.1) is 0 Å². The van der Waals surface area contributed by atoms with E-state index >= 15 is 0 Å². The lowest BCUT2D eigenvalue weighted by molar-refractivity contribution is 0.143. The normalized spacial score (nSPS) is 28.8. The molecule has 0 atom stereocenters. The molecular weight excluding hydrogens is 124 g/mol. The highest BCUT2D eigenvalue weighted by Crippen LogP contribution is 2.37. The lowest BCUT2D eigenvalue weighted by atomic mass is 9.72. The van der Waals surface area contributed by atoms with Crippen molar-refractivity contribution in [3.63, 3.8) is 0 Å². The smallest absolute Gasteiger partial charge is 0.0181 e. The van der Waals surface area contributed by atoms with E-state index in [1.165, 1.54) is 45.1 Å². The molecule has 2 nitrogen and oxygen atoms in total. The van der Waals surface area contributed by atoms with Crippen molar-refractivity contribution in [2.75, 3.05) is 6.54 Å². The van der Waals surface area contributed by atoms with Crippen LogP contribution >= 0.6 is 0 Å². The van der Waals surface area contributed by atoms with E-state index in [0.717, 1.165) is 0 Å². The molecule has 2 rings (SSSR count). The fraction of sp³-hybridized carbons (Fsp3) is 1.00. The topological polar surface area (TPSA) is 47.0 Å². The van der Waals surface area contributed by atoms with Crippen LogP contribution in [0.2, 0.25) is 0 Å². The Hall–Kier alpha value is -0.0800. The van der Waals surface area contributed by atoms with Crippen molar-refractivity contribution in [3.05, 3.63) is 0 Å². The predicted molar refractivity (Wildman–Crippen MR) is 43.5 cm³/mol. The second-order valence-electron chi connectivity index (χ2n) is 3.52. The Bertz CT molecular complexity index is 99.8. The fourth-order valence-electron chi connectivity index (χ4n) is 2.06. The van der Waals surface area contributed by atoms with E-state index in [1.54, 1.807) is 0 Å². The third-order valence-corrected chi connectivity index (χ3v) is 2.89. The molecule has 1 aliphatic carbocycles. The van der Waals surface area contributed by atoms with Crippen molar-refractivity contribution in [3.8, 4) is 0 Å². The highest BCUT2D eigenvalue weighted by Gasteiger charge is 2.36. The summed E-state index contributed by atoms with van der Waals surface area (Å²) < 4.78 is 0. The van der Waals surface area contributed by atoms with E-state index < -0.39 is 0 Å². The summed E-state index contributed by atoms with van der Waals surface area (Å²) in [6.45, 7) is 1.28. The number of hydrogen-bond donors (Lipinski definition) is 2. The first-order chi connectivity index (χ1) is 4.41. The maximum atomic E-state index is 3.63. The second-order valence-corrected chi connectivity index (χ2v) is 3.52. The van der Waals surface area contributed by atoms with Crippen molar-refractivity contribution in [1.29, 1.82) is 0 Å². The Balaban J connectivity index is 0.000000500. The van der Waals surface area contributed by atoms with Gasteiger partial charge in [0.1, 0.15) is 0 Å². The Labute approximate surface area is 63.0 Å². The van der Waals surface area contributed by atoms with E-state index in [0.29, 0.717) is 5.54 Å². The summed E-state index contributed by atoms with van der Waals surface area (Å²) in [6, 6.07) is 0. The van der Waals surface area contributed by atoms with Crippen LogP contribution in [0.3, 0.4) is 0 Å². The number of rotatable bonds is 0. The average Bonchev–Trinajstić information content (AvgIpc) is 1.87. The van der Waals surface area contributed by atoms with Crippen LogP contribution in [-0.4, -0.2) is 12.1 Å². The molecule has 0 unspecified atom stereocenters. The number of nitrogens with one attached hydrogen (secondary N) is 1. The van der Waals surface area contributed by atoms with E-state index in [4.69, 9.17) is 0 Å². The van der Waals surface area contributed by atoms with Gasteiger partial charge in [-0.15, -0.1) is 0 Å². The molecule has 2 fully saturated rings. The van der Waals surface area contributed by atoms with Crippen LogP contribution in [-0.2, 0) is 0 Å². The Morgan fingerprint density at radius 2 is 1.60 bits per heavy atom. The number of hydrogen-bond acceptors (Lipinski definition) is 2. The van der Waals surface area contributed by atoms with Gasteiger partial charge in [0.2, 0.25) is 0 Å². The molecular formula is C8H18N2. The summed E-state index contributed by atoms with van der Waals surface area (Å²) in [4.78, 5) is 0. The minimum Gasteiger partial charge on any atom is -0.344 e. The zero-order valence-electron chi connectivity index (χ0n) is 6.66. The van der Waals surface area contributed by atoms with Crippen LogP contribution < -0.4 is 11.5 Å². The van der Waals surface area contributed by atoms with E-state index in [9.17, 15) is 0 Å². The lowest BCUT2D eigenvalue weighted by Gasteiger charge is -2.45. The van der Waals surface area contributed by atoms with Gasteiger partial charge in [0.05, 0.1) is 0 Å². The molecule has 1 saturated heterocycles. The maximum Gasteiger partial charge on any atom is 0.0181 e. The van der Waals surface area contributed by atoms with E-state index in [-0.39, 0.29) is 6.15 Å². The average molecular weight is 142 g/mol. The highest BCUT2D eigenvalue weighted by atomic mass is 15.0. The van der Waals surface area contributed by atoms with Gasteiger partial charge in [-0.05, 0) is 38.6 Å². The van der Waals surface area contributed by atoms with Gasteiger partial charge in [-0.2, -0.15) is 0 Å². The standard InChI is InChI=1S/C8H15N.H3N/c1-2-7-9-8(4-1)5-3-6-8;/h9H,1-7H2;1H3. The first-order valence-corrected chi connectivity index (χ1v) is 4.16. The van der Waals surface area contributed by atoms with Crippen molar-refractivity contribution < 1.29 is 0 Å². The summed E-state index contributed by atoms with van der Waals surface area (Å²) in [6.07, 6.45) is 8.69. The van der Waals surface area contributed by atoms with Gasteiger partial charge >= 0.3 is 0 Å². The molecule has 10 heavy (non-hydrogen) atoms. The quantitative estimate of drug-likeness (QED) is 0.542. The summed E-state index contributed by atoms with van der Waals surface area (Å²) in [5.74, 6) is 0. The Morgan fingerprint density at radius 3 is 1.90 bits per heavy atom. The molecule has 1 spiro atoms. The molecule has 0 aromatic heterocycles. The van der Waals surface area contributed by atoms with Crippen LogP contribution in [0.1, 0.15) is 38.5 Å². The van der Waals surface area contributed by atoms with Gasteiger partial charge in [0.15, 0.2) is 0 Å². The Morgan fingerprint density at radius 1 is 0.900 bits per heavy atom. The molecule has 0 aromatic carbocycles. The molecule has 1 heterocycles. The minimum atomic E-state index is 0. The second kappa shape index (κ2) is 2.89. The lowest BCUT2D eigenvalue weighted by Crippen LogP contribution is -2.53. The van der Waals surface area contributed by atoms with E-state index in [1.807, 2.05) is 0 Å². The minimum absolute atomic E-state index is 0. The van der Waals surface area contributed by atoms with Crippen molar-refractivity contribution in [2.45, 2.75) is 44.1 Å². The van der Waals surface area contributed by atoms with Gasteiger partial charge in [0.25, 0.3) is 0 Å². The van der Waals surface area contributed by atoms with Gasteiger partial charge < -0.3 is 11.5 Å². The molecule has 0 amide bonds. The van der Waals surface area contributed by atoms with Crippen molar-refractivity contribution in [2.24, 2.45) is 0 Å². The van der Waals surface area contributed by atoms with Crippen LogP contribution in [0.15, 0.2) is 0 Å². The largest absolute Gasteiger partial charge is 0.344 e. The van der Waals surface area contributed by atoms with Crippen molar-refractivity contribution >= 4 is 0 Å². The summed E-state index contributed by atoms with van der Waals surface area (Å²) in [5, 5.41) is 3.63. The van der Waals surface area contributed by atoms with Crippen molar-refractivity contribution in [1.82, 2.24) is 11.5 Å². The predicted octanol–water partition coefficient (Wildman–Crippen LogP) is 1.84. The van der Waals surface area contributed by atoms with Gasteiger partial charge in [-0.1, -0.05) is 6.42 Å². The van der Waals surface area contributed by atoms with Gasteiger partial charge in [0, 0.05) is 5.54 Å². The first-order valence-electron chi connectivity index (χ1n) is 4.16. The third kappa shape index (κ3) is 1.18. The molecule has 4 N–H and O–H groups in total. The SMILES string of the molecule is C1CCC2(CCC2)NC1.N. The van der Waals surface area contributed by atoms with Crippen LogP contribution in [0.4, 0.5) is 0 Å². The molecule has 0 aromatic rings. The molecule has 0 radical (unpaired) electrons. The molecule has 0 bridgehead atoms. The summed E-state index contributed by atoms with van der Waals surface area (Å²) in [5.41, 5.74) is 0.651.